The molecule has 0 saturated carbocycles. The lowest BCUT2D eigenvalue weighted by molar-refractivity contribution is 0.282. The molecule has 0 aromatic carbocycles. The van der Waals surface area contributed by atoms with Crippen LogP contribution in [0.1, 0.15) is 238 Å². The third kappa shape index (κ3) is 42.2. The van der Waals surface area contributed by atoms with Crippen LogP contribution in [0.3, 0.4) is 0 Å². The van der Waals surface area contributed by atoms with Crippen LogP contribution in [0, 0.1) is 0 Å². The van der Waals surface area contributed by atoms with E-state index in [0.29, 0.717) is 10.9 Å². The number of aliphatic hydroxyl groups excluding tert-OH is 1. The van der Waals surface area contributed by atoms with E-state index in [1.54, 1.807) is 0 Å². The van der Waals surface area contributed by atoms with Crippen LogP contribution in [0.15, 0.2) is 0 Å². The van der Waals surface area contributed by atoms with E-state index in [1.165, 1.54) is 231 Å². The van der Waals surface area contributed by atoms with Crippen molar-refractivity contribution in [3.63, 3.8) is 0 Å². The van der Waals surface area contributed by atoms with Gasteiger partial charge in [0.15, 0.2) is 0 Å². The van der Waals surface area contributed by atoms with Gasteiger partial charge in [0, 0.05) is 13.2 Å². The summed E-state index contributed by atoms with van der Waals surface area (Å²) in [6, 6.07) is 0. The van der Waals surface area contributed by atoms with Crippen molar-refractivity contribution in [3.05, 3.63) is 0 Å². The maximum Gasteiger partial charge on any atom is 0.130 e. The van der Waals surface area contributed by atoms with E-state index in [0.717, 1.165) is 13.0 Å². The summed E-state index contributed by atoms with van der Waals surface area (Å²) in [5.41, 5.74) is 0. The summed E-state index contributed by atoms with van der Waals surface area (Å²) >= 11 is 9.00. The van der Waals surface area contributed by atoms with Crippen LogP contribution in [-0.2, 0) is 0 Å². The minimum Gasteiger partial charge on any atom is -0.396 e. The molecule has 4 heteroatoms. The molecule has 0 aromatic rings. The molecule has 264 valence electrons. The fourth-order valence-electron chi connectivity index (χ4n) is 6.62. The SMILES string of the molecule is OCCCCCCCCCCCCCCCCCCCCCCCCCCCCCCCCCCCCCCCNC(=S)S. The lowest BCUT2D eigenvalue weighted by Gasteiger charge is -2.05. The van der Waals surface area contributed by atoms with Crippen molar-refractivity contribution in [2.75, 3.05) is 13.2 Å². The predicted molar refractivity (Wildman–Crippen MR) is 208 cm³/mol. The van der Waals surface area contributed by atoms with Crippen LogP contribution in [0.5, 0.6) is 0 Å². The van der Waals surface area contributed by atoms with E-state index in [1.807, 2.05) is 0 Å². The average Bonchev–Trinajstić information content (AvgIpc) is 3.02. The molecule has 0 fully saturated rings. The highest BCUT2D eigenvalue weighted by Gasteiger charge is 1.98. The van der Waals surface area contributed by atoms with Gasteiger partial charge in [-0.2, -0.15) is 0 Å². The lowest BCUT2D eigenvalue weighted by atomic mass is 10.0. The van der Waals surface area contributed by atoms with Gasteiger partial charge in [-0.25, -0.2) is 0 Å². The number of rotatable bonds is 39. The van der Waals surface area contributed by atoms with E-state index < -0.39 is 0 Å². The second kappa shape index (κ2) is 41.2. The first-order valence-corrected chi connectivity index (χ1v) is 21.2. The Hall–Kier alpha value is 0.200. The summed E-state index contributed by atoms with van der Waals surface area (Å²) in [5, 5.41) is 11.9. The van der Waals surface area contributed by atoms with Gasteiger partial charge >= 0.3 is 0 Å². The third-order valence-electron chi connectivity index (χ3n) is 9.61. The molecular formula is C40H81NOS2. The smallest absolute Gasteiger partial charge is 0.130 e. The normalized spacial score (nSPS) is 11.4. The molecule has 0 bridgehead atoms. The summed E-state index contributed by atoms with van der Waals surface area (Å²) in [4.78, 5) is 0. The van der Waals surface area contributed by atoms with Gasteiger partial charge in [0.2, 0.25) is 0 Å². The molecule has 2 nitrogen and oxygen atoms in total. The second-order valence-electron chi connectivity index (χ2n) is 14.0. The van der Waals surface area contributed by atoms with Crippen LogP contribution < -0.4 is 5.32 Å². The van der Waals surface area contributed by atoms with E-state index >= 15 is 0 Å². The number of thiocarbonyl (C=S) groups is 1. The topological polar surface area (TPSA) is 32.3 Å². The Bertz CT molecular complexity index is 530. The van der Waals surface area contributed by atoms with Crippen molar-refractivity contribution >= 4 is 29.2 Å². The fourth-order valence-corrected chi connectivity index (χ4v) is 6.83. The van der Waals surface area contributed by atoms with Crippen LogP contribution in [0.4, 0.5) is 0 Å². The first kappa shape index (κ1) is 44.2. The van der Waals surface area contributed by atoms with E-state index in [4.69, 9.17) is 17.3 Å². The zero-order valence-corrected chi connectivity index (χ0v) is 31.6. The number of nitrogens with one attached hydrogen (secondary N) is 1. The molecule has 0 heterocycles. The summed E-state index contributed by atoms with van der Waals surface area (Å²) in [7, 11) is 0. The van der Waals surface area contributed by atoms with Crippen molar-refractivity contribution in [3.8, 4) is 0 Å². The van der Waals surface area contributed by atoms with Crippen molar-refractivity contribution in [2.45, 2.75) is 238 Å². The van der Waals surface area contributed by atoms with Gasteiger partial charge in [-0.3, -0.25) is 0 Å². The quantitative estimate of drug-likeness (QED) is 0.0350. The first-order valence-electron chi connectivity index (χ1n) is 20.3. The van der Waals surface area contributed by atoms with Crippen LogP contribution in [0.25, 0.3) is 0 Å². The summed E-state index contributed by atoms with van der Waals surface area (Å²) in [6.45, 7) is 1.36. The van der Waals surface area contributed by atoms with Crippen LogP contribution in [0.2, 0.25) is 0 Å². The van der Waals surface area contributed by atoms with E-state index in [2.05, 4.69) is 17.9 Å². The van der Waals surface area contributed by atoms with Gasteiger partial charge in [0.05, 0.1) is 0 Å². The molecule has 0 radical (unpaired) electrons. The van der Waals surface area contributed by atoms with Gasteiger partial charge in [-0.15, -0.1) is 12.6 Å². The Balaban J connectivity index is 3.04. The Morgan fingerprint density at radius 2 is 0.477 bits per heavy atom. The molecule has 0 amide bonds. The molecule has 0 aromatic heterocycles. The molecule has 0 aliphatic rings. The van der Waals surface area contributed by atoms with Gasteiger partial charge in [-0.05, 0) is 12.8 Å². The Morgan fingerprint density at radius 3 is 0.636 bits per heavy atom. The van der Waals surface area contributed by atoms with Gasteiger partial charge in [0.25, 0.3) is 0 Å². The maximum atomic E-state index is 8.80. The summed E-state index contributed by atoms with van der Waals surface area (Å²) in [5.74, 6) is 0. The molecular weight excluding hydrogens is 575 g/mol. The highest BCUT2D eigenvalue weighted by atomic mass is 32.1. The standard InChI is InChI=1S/C40H81NOS2/c42-39-37-35-33-31-29-27-25-23-21-19-17-15-13-11-9-7-5-3-1-2-4-6-8-10-12-14-16-18-20-22-24-26-28-30-32-34-36-38-41-40(43)44/h42H,1-39H2,(H2,41,43,44). The highest BCUT2D eigenvalue weighted by Crippen LogP contribution is 2.17. The zero-order valence-electron chi connectivity index (χ0n) is 29.9. The van der Waals surface area contributed by atoms with Gasteiger partial charge in [0.1, 0.15) is 4.32 Å². The largest absolute Gasteiger partial charge is 0.396 e. The predicted octanol–water partition coefficient (Wildman–Crippen LogP) is 14.2. The van der Waals surface area contributed by atoms with E-state index in [9.17, 15) is 0 Å². The maximum absolute atomic E-state index is 8.80. The third-order valence-corrected chi connectivity index (χ3v) is 9.91. The first-order chi connectivity index (χ1) is 21.8. The molecule has 0 aliphatic heterocycles. The Morgan fingerprint density at radius 1 is 0.318 bits per heavy atom. The van der Waals surface area contributed by atoms with Crippen molar-refractivity contribution < 1.29 is 5.11 Å². The number of thiol groups is 1. The summed E-state index contributed by atoms with van der Waals surface area (Å²) < 4.78 is 0.629. The van der Waals surface area contributed by atoms with Crippen LogP contribution >= 0.6 is 24.8 Å². The number of aliphatic hydroxyl groups is 1. The van der Waals surface area contributed by atoms with Crippen molar-refractivity contribution in [1.29, 1.82) is 0 Å². The molecule has 0 aliphatic carbocycles. The molecule has 44 heavy (non-hydrogen) atoms. The molecule has 0 spiro atoms. The zero-order chi connectivity index (χ0) is 31.9. The lowest BCUT2D eigenvalue weighted by Crippen LogP contribution is -2.17. The van der Waals surface area contributed by atoms with E-state index in [-0.39, 0.29) is 0 Å². The Labute approximate surface area is 289 Å². The Kier molecular flexibility index (Phi) is 41.4. The number of hydrogen-bond acceptors (Lipinski definition) is 2. The fraction of sp³-hybridized carbons (Fsp3) is 0.975. The molecule has 2 N–H and O–H groups in total. The highest BCUT2D eigenvalue weighted by molar-refractivity contribution is 8.11. The molecule has 0 saturated heterocycles. The van der Waals surface area contributed by atoms with Gasteiger partial charge < -0.3 is 10.4 Å². The molecule has 0 unspecified atom stereocenters. The van der Waals surface area contributed by atoms with Crippen molar-refractivity contribution in [1.82, 2.24) is 5.32 Å². The minimum atomic E-state index is 0.372. The summed E-state index contributed by atoms with van der Waals surface area (Å²) in [6.07, 6.45) is 52.7. The minimum absolute atomic E-state index is 0.372. The average molecular weight is 656 g/mol. The molecule has 0 atom stereocenters. The second-order valence-corrected chi connectivity index (χ2v) is 15.2. The van der Waals surface area contributed by atoms with Crippen LogP contribution in [-0.4, -0.2) is 22.6 Å². The van der Waals surface area contributed by atoms with Crippen molar-refractivity contribution in [2.24, 2.45) is 0 Å². The number of unbranched alkanes of at least 4 members (excludes halogenated alkanes) is 36. The van der Waals surface area contributed by atoms with Gasteiger partial charge in [-0.1, -0.05) is 237 Å². The number of hydrogen-bond donors (Lipinski definition) is 3. The molecule has 0 rings (SSSR count). The monoisotopic (exact) mass is 656 g/mol.